The lowest BCUT2D eigenvalue weighted by molar-refractivity contribution is 0.101. The fourth-order valence-corrected chi connectivity index (χ4v) is 2.65. The number of benzene rings is 1. The topological polar surface area (TPSA) is 45.8 Å². The normalized spacial score (nSPS) is 11.1. The van der Waals surface area contributed by atoms with Gasteiger partial charge in [-0.05, 0) is 31.5 Å². The van der Waals surface area contributed by atoms with Gasteiger partial charge in [0.15, 0.2) is 5.78 Å². The minimum atomic E-state index is 0.0973. The molecule has 3 heteroatoms. The van der Waals surface area contributed by atoms with Crippen molar-refractivity contribution in [2.24, 2.45) is 0 Å². The summed E-state index contributed by atoms with van der Waals surface area (Å²) in [7, 11) is 0. The summed E-state index contributed by atoms with van der Waals surface area (Å²) in [5.74, 6) is 1.14. The van der Waals surface area contributed by atoms with Crippen molar-refractivity contribution in [3.8, 4) is 0 Å². The van der Waals surface area contributed by atoms with Gasteiger partial charge in [-0.2, -0.15) is 0 Å². The van der Waals surface area contributed by atoms with Crippen LogP contribution in [0, 0.1) is 0 Å². The summed E-state index contributed by atoms with van der Waals surface area (Å²) in [6.07, 6.45) is 10.2. The molecule has 0 bridgehead atoms. The highest BCUT2D eigenvalue weighted by Gasteiger charge is 2.05. The van der Waals surface area contributed by atoms with E-state index in [4.69, 9.17) is 0 Å². The van der Waals surface area contributed by atoms with Crippen molar-refractivity contribution in [2.75, 3.05) is 0 Å². The molecule has 1 aromatic heterocycles. The van der Waals surface area contributed by atoms with E-state index in [1.54, 1.807) is 6.92 Å². The molecule has 2 rings (SSSR count). The number of aromatic amines is 1. The molecule has 2 aromatic rings. The standard InChI is InChI=1S/C18H26N2O/c1-3-4-5-6-7-8-9-10-18-19-16-12-11-15(14(2)21)13-17(16)20-18/h11-13H,3-10H2,1-2H3,(H,19,20). The first-order valence-electron chi connectivity index (χ1n) is 8.20. The number of fused-ring (bicyclic) bond motifs is 1. The van der Waals surface area contributed by atoms with Gasteiger partial charge in [0.25, 0.3) is 0 Å². The highest BCUT2D eigenvalue weighted by molar-refractivity contribution is 5.97. The van der Waals surface area contributed by atoms with Crippen LogP contribution >= 0.6 is 0 Å². The molecule has 0 atom stereocenters. The average Bonchev–Trinajstić information content (AvgIpc) is 2.88. The zero-order chi connectivity index (χ0) is 15.1. The Bertz CT molecular complexity index is 586. The quantitative estimate of drug-likeness (QED) is 0.517. The average molecular weight is 286 g/mol. The summed E-state index contributed by atoms with van der Waals surface area (Å²) in [4.78, 5) is 19.3. The van der Waals surface area contributed by atoms with Crippen molar-refractivity contribution in [1.82, 2.24) is 9.97 Å². The Morgan fingerprint density at radius 1 is 1.10 bits per heavy atom. The van der Waals surface area contributed by atoms with Gasteiger partial charge in [-0.15, -0.1) is 0 Å². The van der Waals surface area contributed by atoms with Crippen LogP contribution in [-0.2, 0) is 6.42 Å². The lowest BCUT2D eigenvalue weighted by Crippen LogP contribution is -1.90. The molecule has 0 saturated carbocycles. The Balaban J connectivity index is 1.81. The molecular formula is C18H26N2O. The Morgan fingerprint density at radius 3 is 2.52 bits per heavy atom. The minimum Gasteiger partial charge on any atom is -0.342 e. The third kappa shape index (κ3) is 4.69. The third-order valence-corrected chi connectivity index (χ3v) is 3.95. The number of ketones is 1. The number of carbonyl (C=O) groups is 1. The first kappa shape index (κ1) is 15.7. The van der Waals surface area contributed by atoms with Crippen LogP contribution in [0.5, 0.6) is 0 Å². The lowest BCUT2D eigenvalue weighted by atomic mass is 10.1. The van der Waals surface area contributed by atoms with Crippen LogP contribution < -0.4 is 0 Å². The Hall–Kier alpha value is -1.64. The number of unbranched alkanes of at least 4 members (excludes halogenated alkanes) is 6. The van der Waals surface area contributed by atoms with E-state index in [9.17, 15) is 4.79 Å². The number of carbonyl (C=O) groups excluding carboxylic acids is 1. The molecule has 21 heavy (non-hydrogen) atoms. The van der Waals surface area contributed by atoms with Gasteiger partial charge in [-0.1, -0.05) is 45.4 Å². The molecule has 1 heterocycles. The predicted octanol–water partition coefficient (Wildman–Crippen LogP) is 5.06. The van der Waals surface area contributed by atoms with Gasteiger partial charge < -0.3 is 4.98 Å². The molecule has 114 valence electrons. The monoisotopic (exact) mass is 286 g/mol. The molecule has 0 fully saturated rings. The molecule has 0 spiro atoms. The first-order chi connectivity index (χ1) is 10.2. The van der Waals surface area contributed by atoms with E-state index in [1.807, 2.05) is 18.2 Å². The van der Waals surface area contributed by atoms with Crippen LogP contribution in [0.3, 0.4) is 0 Å². The van der Waals surface area contributed by atoms with E-state index in [-0.39, 0.29) is 5.78 Å². The Kier molecular flexibility index (Phi) is 5.97. The number of hydrogen-bond acceptors (Lipinski definition) is 2. The fourth-order valence-electron chi connectivity index (χ4n) is 2.65. The molecule has 0 amide bonds. The van der Waals surface area contributed by atoms with Crippen LogP contribution in [0.1, 0.15) is 75.0 Å². The maximum atomic E-state index is 11.4. The molecule has 0 aliphatic heterocycles. The maximum Gasteiger partial charge on any atom is 0.159 e. The highest BCUT2D eigenvalue weighted by atomic mass is 16.1. The summed E-state index contributed by atoms with van der Waals surface area (Å²) < 4.78 is 0. The molecule has 3 nitrogen and oxygen atoms in total. The van der Waals surface area contributed by atoms with Gasteiger partial charge >= 0.3 is 0 Å². The van der Waals surface area contributed by atoms with E-state index in [0.717, 1.165) is 28.8 Å². The Morgan fingerprint density at radius 2 is 1.81 bits per heavy atom. The number of aromatic nitrogens is 2. The van der Waals surface area contributed by atoms with E-state index in [1.165, 1.54) is 44.9 Å². The molecule has 0 aliphatic carbocycles. The van der Waals surface area contributed by atoms with Gasteiger partial charge in [0, 0.05) is 12.0 Å². The molecule has 1 N–H and O–H groups in total. The van der Waals surface area contributed by atoms with Crippen LogP contribution in [0.15, 0.2) is 18.2 Å². The molecule has 0 radical (unpaired) electrons. The first-order valence-corrected chi connectivity index (χ1v) is 8.20. The van der Waals surface area contributed by atoms with E-state index in [2.05, 4.69) is 16.9 Å². The van der Waals surface area contributed by atoms with E-state index in [0.29, 0.717) is 0 Å². The number of Topliss-reactive ketones (excluding diaryl/α,β-unsaturated/α-hetero) is 1. The fraction of sp³-hybridized carbons (Fsp3) is 0.556. The number of aryl methyl sites for hydroxylation is 1. The van der Waals surface area contributed by atoms with Crippen LogP contribution in [0.25, 0.3) is 11.0 Å². The van der Waals surface area contributed by atoms with Crippen LogP contribution in [0.4, 0.5) is 0 Å². The lowest BCUT2D eigenvalue weighted by Gasteiger charge is -1.99. The SMILES string of the molecule is CCCCCCCCCc1nc2ccc(C(C)=O)cc2[nH]1. The van der Waals surface area contributed by atoms with Crippen molar-refractivity contribution in [3.05, 3.63) is 29.6 Å². The molecule has 1 aromatic carbocycles. The zero-order valence-corrected chi connectivity index (χ0v) is 13.2. The van der Waals surface area contributed by atoms with Crippen molar-refractivity contribution >= 4 is 16.8 Å². The number of H-pyrrole nitrogens is 1. The summed E-state index contributed by atoms with van der Waals surface area (Å²) in [5, 5.41) is 0. The van der Waals surface area contributed by atoms with E-state index < -0.39 is 0 Å². The Labute approximate surface area is 127 Å². The number of hydrogen-bond donors (Lipinski definition) is 1. The van der Waals surface area contributed by atoms with Gasteiger partial charge in [0.2, 0.25) is 0 Å². The third-order valence-electron chi connectivity index (χ3n) is 3.95. The zero-order valence-electron chi connectivity index (χ0n) is 13.2. The predicted molar refractivity (Wildman–Crippen MR) is 87.8 cm³/mol. The van der Waals surface area contributed by atoms with Crippen LogP contribution in [-0.4, -0.2) is 15.8 Å². The minimum absolute atomic E-state index is 0.0973. The van der Waals surface area contributed by atoms with Gasteiger partial charge in [-0.3, -0.25) is 4.79 Å². The highest BCUT2D eigenvalue weighted by Crippen LogP contribution is 2.16. The summed E-state index contributed by atoms with van der Waals surface area (Å²) in [6, 6.07) is 5.68. The summed E-state index contributed by atoms with van der Waals surface area (Å²) in [5.41, 5.74) is 2.67. The van der Waals surface area contributed by atoms with Crippen molar-refractivity contribution in [3.63, 3.8) is 0 Å². The molecular weight excluding hydrogens is 260 g/mol. The molecule has 0 unspecified atom stereocenters. The number of nitrogens with one attached hydrogen (secondary N) is 1. The van der Waals surface area contributed by atoms with Crippen molar-refractivity contribution in [2.45, 2.75) is 65.2 Å². The maximum absolute atomic E-state index is 11.4. The van der Waals surface area contributed by atoms with Crippen LogP contribution in [0.2, 0.25) is 0 Å². The number of imidazole rings is 1. The van der Waals surface area contributed by atoms with E-state index >= 15 is 0 Å². The summed E-state index contributed by atoms with van der Waals surface area (Å²) in [6.45, 7) is 3.84. The van der Waals surface area contributed by atoms with Gasteiger partial charge in [0.05, 0.1) is 11.0 Å². The summed E-state index contributed by atoms with van der Waals surface area (Å²) >= 11 is 0. The number of rotatable bonds is 9. The largest absolute Gasteiger partial charge is 0.342 e. The van der Waals surface area contributed by atoms with Gasteiger partial charge in [0.1, 0.15) is 5.82 Å². The smallest absolute Gasteiger partial charge is 0.159 e. The second-order valence-electron chi connectivity index (χ2n) is 5.84. The van der Waals surface area contributed by atoms with Crippen molar-refractivity contribution < 1.29 is 4.79 Å². The second kappa shape index (κ2) is 7.96. The van der Waals surface area contributed by atoms with Crippen molar-refractivity contribution in [1.29, 1.82) is 0 Å². The second-order valence-corrected chi connectivity index (χ2v) is 5.84. The molecule has 0 aliphatic rings. The van der Waals surface area contributed by atoms with Gasteiger partial charge in [-0.25, -0.2) is 4.98 Å². The molecule has 0 saturated heterocycles. The number of nitrogens with zero attached hydrogens (tertiary/aromatic N) is 1.